The summed E-state index contributed by atoms with van der Waals surface area (Å²) in [5.74, 6) is -0.805. The zero-order valence-corrected chi connectivity index (χ0v) is 17.9. The number of imide groups is 1. The Morgan fingerprint density at radius 3 is 2.62 bits per heavy atom. The molecule has 6 heteroatoms. The second kappa shape index (κ2) is 8.48. The smallest absolute Gasteiger partial charge is 0.260 e. The summed E-state index contributed by atoms with van der Waals surface area (Å²) in [5.41, 5.74) is 5.42. The average Bonchev–Trinajstić information content (AvgIpc) is 3.47. The van der Waals surface area contributed by atoms with E-state index in [4.69, 9.17) is 4.42 Å². The van der Waals surface area contributed by atoms with Gasteiger partial charge < -0.3 is 9.73 Å². The first kappa shape index (κ1) is 20.3. The number of hydrogen-bond donors (Lipinski definition) is 2. The molecule has 1 saturated heterocycles. The Hall–Kier alpha value is -3.64. The fraction of sp³-hybridized carbons (Fsp3) is 0.231. The summed E-state index contributed by atoms with van der Waals surface area (Å²) in [6.45, 7) is 4.39. The minimum absolute atomic E-state index is 0.388. The monoisotopic (exact) mass is 427 g/mol. The maximum Gasteiger partial charge on any atom is 0.260 e. The van der Waals surface area contributed by atoms with E-state index in [9.17, 15) is 9.59 Å². The van der Waals surface area contributed by atoms with Gasteiger partial charge >= 0.3 is 0 Å². The Morgan fingerprint density at radius 2 is 1.91 bits per heavy atom. The molecule has 5 rings (SSSR count). The zero-order chi connectivity index (χ0) is 22.1. The van der Waals surface area contributed by atoms with E-state index < -0.39 is 5.91 Å². The normalized spacial score (nSPS) is 19.8. The minimum Gasteiger partial charge on any atom is -0.472 e. The molecule has 0 saturated carbocycles. The molecule has 2 aliphatic heterocycles. The van der Waals surface area contributed by atoms with Crippen LogP contribution in [0.4, 0.5) is 5.69 Å². The summed E-state index contributed by atoms with van der Waals surface area (Å²) in [6.07, 6.45) is 7.43. The molecule has 0 radical (unpaired) electrons. The van der Waals surface area contributed by atoms with E-state index in [2.05, 4.69) is 34.6 Å². The largest absolute Gasteiger partial charge is 0.472 e. The van der Waals surface area contributed by atoms with Crippen LogP contribution >= 0.6 is 0 Å². The van der Waals surface area contributed by atoms with E-state index in [-0.39, 0.29) is 5.91 Å². The number of anilines is 1. The molecule has 1 atom stereocenters. The second-order valence-corrected chi connectivity index (χ2v) is 8.42. The first-order valence-electron chi connectivity index (χ1n) is 10.9. The van der Waals surface area contributed by atoms with Crippen molar-refractivity contribution in [3.05, 3.63) is 83.9 Å². The number of nitrogens with zero attached hydrogens (tertiary/aromatic N) is 1. The van der Waals surface area contributed by atoms with Crippen LogP contribution < -0.4 is 10.6 Å². The first-order valence-corrected chi connectivity index (χ1v) is 10.9. The lowest BCUT2D eigenvalue weighted by atomic mass is 9.92. The molecule has 2 amide bonds. The lowest BCUT2D eigenvalue weighted by Gasteiger charge is -2.21. The van der Waals surface area contributed by atoms with Crippen LogP contribution in [-0.2, 0) is 11.3 Å². The van der Waals surface area contributed by atoms with Crippen LogP contribution in [0.5, 0.6) is 0 Å². The number of hydrogen-bond acceptors (Lipinski definition) is 5. The Balaban J connectivity index is 1.38. The van der Waals surface area contributed by atoms with Crippen molar-refractivity contribution in [2.24, 2.45) is 0 Å². The van der Waals surface area contributed by atoms with Crippen molar-refractivity contribution in [1.29, 1.82) is 0 Å². The van der Waals surface area contributed by atoms with E-state index in [0.717, 1.165) is 29.9 Å². The highest BCUT2D eigenvalue weighted by Crippen LogP contribution is 2.30. The van der Waals surface area contributed by atoms with Crippen LogP contribution in [0.2, 0.25) is 0 Å². The van der Waals surface area contributed by atoms with Gasteiger partial charge in [0.1, 0.15) is 0 Å². The number of nitrogens with one attached hydrogen (secondary N) is 2. The lowest BCUT2D eigenvalue weighted by molar-refractivity contribution is -0.114. The Kier molecular flexibility index (Phi) is 5.37. The van der Waals surface area contributed by atoms with Gasteiger partial charge in [-0.15, -0.1) is 0 Å². The Morgan fingerprint density at radius 1 is 1.06 bits per heavy atom. The third-order valence-electron chi connectivity index (χ3n) is 6.29. The highest BCUT2D eigenvalue weighted by atomic mass is 16.3. The number of fused-ring (bicyclic) bond motifs is 1. The van der Waals surface area contributed by atoms with Crippen LogP contribution in [0, 0.1) is 0 Å². The zero-order valence-electron chi connectivity index (χ0n) is 17.9. The Labute approximate surface area is 186 Å². The molecule has 1 aromatic heterocycles. The van der Waals surface area contributed by atoms with Gasteiger partial charge in [-0.25, -0.2) is 0 Å². The molecule has 162 valence electrons. The van der Waals surface area contributed by atoms with Crippen molar-refractivity contribution in [2.75, 3.05) is 11.9 Å². The van der Waals surface area contributed by atoms with Gasteiger partial charge in [0.2, 0.25) is 0 Å². The number of amides is 2. The van der Waals surface area contributed by atoms with Crippen molar-refractivity contribution in [1.82, 2.24) is 10.2 Å². The molecule has 6 nitrogen and oxygen atoms in total. The molecule has 0 spiro atoms. The second-order valence-electron chi connectivity index (χ2n) is 8.42. The minimum atomic E-state index is -0.418. The summed E-state index contributed by atoms with van der Waals surface area (Å²) in [6, 6.07) is 16.2. The molecule has 2 N–H and O–H groups in total. The molecule has 2 aliphatic rings. The molecule has 1 fully saturated rings. The molecule has 0 aliphatic carbocycles. The molecule has 3 aromatic rings. The summed E-state index contributed by atoms with van der Waals surface area (Å²) in [7, 11) is 0. The topological polar surface area (TPSA) is 74.6 Å². The number of carbonyl (C=O) groups is 2. The predicted octanol–water partition coefficient (Wildman–Crippen LogP) is 4.65. The van der Waals surface area contributed by atoms with E-state index in [1.165, 1.54) is 18.4 Å². The molecular weight excluding hydrogens is 402 g/mol. The van der Waals surface area contributed by atoms with Gasteiger partial charge in [0.25, 0.3) is 11.8 Å². The highest BCUT2D eigenvalue weighted by Gasteiger charge is 2.27. The van der Waals surface area contributed by atoms with Crippen LogP contribution in [0.1, 0.15) is 41.3 Å². The number of carbonyl (C=O) groups excluding carboxylic acids is 2. The molecule has 32 heavy (non-hydrogen) atoms. The standard InChI is InChI=1S/C26H25N3O3/c1-17-3-2-11-29(17)15-18-4-7-21(8-5-18)27-14-24-23-13-19(20-10-12-32-16-20)6-9-22(23)25(30)28-26(24)31/h4-10,12-14,16-17,27H,2-3,11,15H2,1H3,(H,28,30,31). The average molecular weight is 428 g/mol. The van der Waals surface area contributed by atoms with Gasteiger partial charge in [-0.2, -0.15) is 0 Å². The van der Waals surface area contributed by atoms with Crippen LogP contribution in [0.3, 0.4) is 0 Å². The van der Waals surface area contributed by atoms with Crippen molar-refractivity contribution in [3.63, 3.8) is 0 Å². The summed E-state index contributed by atoms with van der Waals surface area (Å²) >= 11 is 0. The van der Waals surface area contributed by atoms with Crippen LogP contribution in [0.15, 0.2) is 71.7 Å². The first-order chi connectivity index (χ1) is 15.6. The van der Waals surface area contributed by atoms with Gasteiger partial charge in [0.05, 0.1) is 18.1 Å². The maximum atomic E-state index is 12.6. The predicted molar refractivity (Wildman–Crippen MR) is 124 cm³/mol. The van der Waals surface area contributed by atoms with Crippen molar-refractivity contribution in [2.45, 2.75) is 32.4 Å². The van der Waals surface area contributed by atoms with Crippen molar-refractivity contribution < 1.29 is 14.0 Å². The fourth-order valence-electron chi connectivity index (χ4n) is 4.40. The Bertz CT molecular complexity index is 1180. The van der Waals surface area contributed by atoms with Gasteiger partial charge in [-0.05, 0) is 67.8 Å². The van der Waals surface area contributed by atoms with Crippen LogP contribution in [0.25, 0.3) is 16.7 Å². The third kappa shape index (κ3) is 3.97. The van der Waals surface area contributed by atoms with Crippen molar-refractivity contribution >= 4 is 23.1 Å². The third-order valence-corrected chi connectivity index (χ3v) is 6.29. The number of rotatable bonds is 5. The SMILES string of the molecule is CC1CCCN1Cc1ccc(NC=C2C(=O)NC(=O)c3ccc(-c4ccoc4)cc32)cc1. The molecule has 2 aromatic carbocycles. The number of benzene rings is 2. The summed E-state index contributed by atoms with van der Waals surface area (Å²) in [5, 5.41) is 5.64. The van der Waals surface area contributed by atoms with E-state index in [0.29, 0.717) is 22.7 Å². The van der Waals surface area contributed by atoms with Crippen LogP contribution in [-0.4, -0.2) is 29.3 Å². The van der Waals surface area contributed by atoms with Gasteiger partial charge in [-0.1, -0.05) is 18.2 Å². The van der Waals surface area contributed by atoms with E-state index in [1.54, 1.807) is 24.8 Å². The molecule has 1 unspecified atom stereocenters. The van der Waals surface area contributed by atoms with Gasteiger partial charge in [0.15, 0.2) is 0 Å². The fourth-order valence-corrected chi connectivity index (χ4v) is 4.40. The van der Waals surface area contributed by atoms with Crippen molar-refractivity contribution in [3.8, 4) is 11.1 Å². The summed E-state index contributed by atoms with van der Waals surface area (Å²) in [4.78, 5) is 27.4. The number of likely N-dealkylation sites (tertiary alicyclic amines) is 1. The molecule has 0 bridgehead atoms. The lowest BCUT2D eigenvalue weighted by Crippen LogP contribution is -2.36. The van der Waals surface area contributed by atoms with E-state index >= 15 is 0 Å². The number of furan rings is 1. The van der Waals surface area contributed by atoms with Gasteiger partial charge in [0, 0.05) is 41.2 Å². The highest BCUT2D eigenvalue weighted by molar-refractivity contribution is 6.31. The molecular formula is C26H25N3O3. The summed E-state index contributed by atoms with van der Waals surface area (Å²) < 4.78 is 5.17. The maximum absolute atomic E-state index is 12.6. The van der Waals surface area contributed by atoms with E-state index in [1.807, 2.05) is 30.3 Å². The molecule has 3 heterocycles. The van der Waals surface area contributed by atoms with Gasteiger partial charge in [-0.3, -0.25) is 19.8 Å². The quantitative estimate of drug-likeness (QED) is 0.458.